The van der Waals surface area contributed by atoms with E-state index in [1.54, 1.807) is 5.48 Å². The smallest absolute Gasteiger partial charge is 0.379 e. The Morgan fingerprint density at radius 3 is 2.17 bits per heavy atom. The molecule has 6 nitrogen and oxygen atoms in total. The summed E-state index contributed by atoms with van der Waals surface area (Å²) in [7, 11) is 0. The first-order valence-electron chi connectivity index (χ1n) is 2.72. The molecule has 0 heterocycles. The number of carbonyl (C=O) groups is 2. The van der Waals surface area contributed by atoms with Gasteiger partial charge in [-0.05, 0) is 0 Å². The summed E-state index contributed by atoms with van der Waals surface area (Å²) in [6.45, 7) is 2.43. The van der Waals surface area contributed by atoms with Crippen LogP contribution >= 0.6 is 12.4 Å². The average molecular weight is 197 g/mol. The molecule has 0 saturated carbocycles. The molecule has 0 rings (SSSR count). The number of carbonyl (C=O) groups excluding carboxylic acids is 2. The van der Waals surface area contributed by atoms with Gasteiger partial charge in [0.05, 0.1) is 0 Å². The van der Waals surface area contributed by atoms with Gasteiger partial charge in [0.25, 0.3) is 0 Å². The van der Waals surface area contributed by atoms with Crippen LogP contribution in [0.1, 0.15) is 13.8 Å². The lowest BCUT2D eigenvalue weighted by Gasteiger charge is -2.01. The standard InChI is InChI=1S/C5H8N2O4.ClH/c1-3(6)10-5(9)11-7-4(2)8;/h6H,1-2H3,(H,7,8);1H. The number of ether oxygens (including phenoxy) is 1. The fraction of sp³-hybridized carbons (Fsp3) is 0.400. The lowest BCUT2D eigenvalue weighted by Crippen LogP contribution is -2.25. The third kappa shape index (κ3) is 8.70. The van der Waals surface area contributed by atoms with Gasteiger partial charge >= 0.3 is 6.16 Å². The van der Waals surface area contributed by atoms with Crippen molar-refractivity contribution < 1.29 is 19.2 Å². The second-order valence-corrected chi connectivity index (χ2v) is 1.67. The minimum absolute atomic E-state index is 0. The Bertz CT molecular complexity index is 194. The number of halogens is 1. The molecule has 0 radical (unpaired) electrons. The molecule has 1 amide bonds. The van der Waals surface area contributed by atoms with Crippen molar-refractivity contribution in [2.24, 2.45) is 0 Å². The van der Waals surface area contributed by atoms with Crippen molar-refractivity contribution in [2.45, 2.75) is 13.8 Å². The molecule has 0 saturated heterocycles. The van der Waals surface area contributed by atoms with E-state index in [4.69, 9.17) is 5.41 Å². The summed E-state index contributed by atoms with van der Waals surface area (Å²) in [5, 5.41) is 6.67. The zero-order valence-electron chi connectivity index (χ0n) is 6.54. The largest absolute Gasteiger partial charge is 0.540 e. The molecule has 0 aliphatic heterocycles. The Kier molecular flexibility index (Phi) is 7.11. The molecule has 0 aliphatic rings. The fourth-order valence-corrected chi connectivity index (χ4v) is 0.259. The van der Waals surface area contributed by atoms with Crippen LogP contribution in [0.5, 0.6) is 0 Å². The predicted molar refractivity (Wildman–Crippen MR) is 42.0 cm³/mol. The zero-order chi connectivity index (χ0) is 8.85. The highest BCUT2D eigenvalue weighted by Crippen LogP contribution is 1.82. The van der Waals surface area contributed by atoms with Crippen molar-refractivity contribution >= 4 is 30.4 Å². The van der Waals surface area contributed by atoms with Crippen LogP contribution in [-0.2, 0) is 14.4 Å². The molecule has 2 N–H and O–H groups in total. The highest BCUT2D eigenvalue weighted by Gasteiger charge is 2.05. The Labute approximate surface area is 75.1 Å². The van der Waals surface area contributed by atoms with E-state index in [-0.39, 0.29) is 18.3 Å². The maximum absolute atomic E-state index is 10.4. The van der Waals surface area contributed by atoms with E-state index in [0.717, 1.165) is 0 Å². The summed E-state index contributed by atoms with van der Waals surface area (Å²) >= 11 is 0. The van der Waals surface area contributed by atoms with Crippen molar-refractivity contribution in [3.63, 3.8) is 0 Å². The molecule has 0 aromatic heterocycles. The molecule has 0 aromatic rings. The van der Waals surface area contributed by atoms with Gasteiger partial charge in [-0.2, -0.15) is 5.48 Å². The number of nitrogens with one attached hydrogen (secondary N) is 2. The highest BCUT2D eigenvalue weighted by molar-refractivity contribution is 5.85. The fourth-order valence-electron chi connectivity index (χ4n) is 0.259. The average Bonchev–Trinajstić information content (AvgIpc) is 1.82. The maximum atomic E-state index is 10.4. The molecule has 0 aromatic carbocycles. The van der Waals surface area contributed by atoms with Crippen molar-refractivity contribution in [3.8, 4) is 0 Å². The molecule has 0 bridgehead atoms. The van der Waals surface area contributed by atoms with Crippen molar-refractivity contribution in [1.82, 2.24) is 5.48 Å². The van der Waals surface area contributed by atoms with Crippen molar-refractivity contribution in [3.05, 3.63) is 0 Å². The van der Waals surface area contributed by atoms with E-state index in [1.165, 1.54) is 13.8 Å². The number of hydrogen-bond acceptors (Lipinski definition) is 5. The summed E-state index contributed by atoms with van der Waals surface area (Å²) < 4.78 is 4.11. The molecule has 12 heavy (non-hydrogen) atoms. The quantitative estimate of drug-likeness (QED) is 0.257. The molecule has 0 fully saturated rings. The maximum Gasteiger partial charge on any atom is 0.540 e. The highest BCUT2D eigenvalue weighted by atomic mass is 35.5. The summed E-state index contributed by atoms with van der Waals surface area (Å²) in [5.41, 5.74) is 1.74. The number of hydrogen-bond donors (Lipinski definition) is 2. The molecular formula is C5H9ClN2O4. The lowest BCUT2D eigenvalue weighted by molar-refractivity contribution is -0.128. The van der Waals surface area contributed by atoms with Gasteiger partial charge in [-0.3, -0.25) is 10.2 Å². The Morgan fingerprint density at radius 2 is 1.83 bits per heavy atom. The van der Waals surface area contributed by atoms with Gasteiger partial charge in [0.1, 0.15) is 0 Å². The summed E-state index contributed by atoms with van der Waals surface area (Å²) in [6.07, 6.45) is -1.13. The van der Waals surface area contributed by atoms with Gasteiger partial charge in [-0.25, -0.2) is 4.79 Å². The van der Waals surface area contributed by atoms with Gasteiger partial charge in [0, 0.05) is 13.8 Å². The van der Waals surface area contributed by atoms with Crippen LogP contribution in [0.3, 0.4) is 0 Å². The van der Waals surface area contributed by atoms with Crippen LogP contribution in [0, 0.1) is 5.41 Å². The Balaban J connectivity index is 0. The van der Waals surface area contributed by atoms with Crippen molar-refractivity contribution in [1.29, 1.82) is 5.41 Å². The van der Waals surface area contributed by atoms with Gasteiger partial charge in [-0.1, -0.05) is 0 Å². The molecule has 7 heteroatoms. The molecule has 70 valence electrons. The van der Waals surface area contributed by atoms with Crippen LogP contribution in [0.4, 0.5) is 4.79 Å². The lowest BCUT2D eigenvalue weighted by atomic mass is 10.8. The topological polar surface area (TPSA) is 88.5 Å². The monoisotopic (exact) mass is 196 g/mol. The number of amides is 1. The minimum atomic E-state index is -1.13. The zero-order valence-corrected chi connectivity index (χ0v) is 7.36. The Morgan fingerprint density at radius 1 is 1.33 bits per heavy atom. The summed E-state index contributed by atoms with van der Waals surface area (Å²) in [5.74, 6) is -0.829. The number of hydroxylamine groups is 1. The normalized spacial score (nSPS) is 7.50. The van der Waals surface area contributed by atoms with E-state index >= 15 is 0 Å². The van der Waals surface area contributed by atoms with Gasteiger partial charge < -0.3 is 9.57 Å². The molecule has 0 atom stereocenters. The molecular weight excluding hydrogens is 188 g/mol. The SMILES string of the molecule is CC(=N)OC(=O)ONC(C)=O.Cl. The van der Waals surface area contributed by atoms with E-state index in [2.05, 4.69) is 9.57 Å². The van der Waals surface area contributed by atoms with Crippen LogP contribution in [0.2, 0.25) is 0 Å². The molecule has 0 unspecified atom stereocenters. The van der Waals surface area contributed by atoms with E-state index in [9.17, 15) is 9.59 Å². The van der Waals surface area contributed by atoms with E-state index in [1.807, 2.05) is 0 Å². The van der Waals surface area contributed by atoms with Crippen LogP contribution in [-0.4, -0.2) is 18.0 Å². The third-order valence-corrected chi connectivity index (χ3v) is 0.515. The van der Waals surface area contributed by atoms with Crippen LogP contribution < -0.4 is 5.48 Å². The first-order chi connectivity index (χ1) is 5.02. The van der Waals surface area contributed by atoms with Gasteiger partial charge in [0.2, 0.25) is 5.91 Å². The number of rotatable bonds is 0. The van der Waals surface area contributed by atoms with Crippen LogP contribution in [0.15, 0.2) is 0 Å². The first kappa shape index (κ1) is 13.3. The first-order valence-corrected chi connectivity index (χ1v) is 2.72. The van der Waals surface area contributed by atoms with Gasteiger partial charge in [0.15, 0.2) is 5.90 Å². The van der Waals surface area contributed by atoms with E-state index in [0.29, 0.717) is 0 Å². The van der Waals surface area contributed by atoms with Crippen molar-refractivity contribution in [2.75, 3.05) is 0 Å². The predicted octanol–water partition coefficient (Wildman–Crippen LogP) is 0.610. The summed E-state index contributed by atoms with van der Waals surface area (Å²) in [4.78, 5) is 24.5. The molecule has 0 aliphatic carbocycles. The van der Waals surface area contributed by atoms with Gasteiger partial charge in [-0.15, -0.1) is 12.4 Å². The minimum Gasteiger partial charge on any atom is -0.379 e. The molecule has 0 spiro atoms. The second kappa shape index (κ2) is 6.41. The van der Waals surface area contributed by atoms with E-state index < -0.39 is 12.1 Å². The third-order valence-electron chi connectivity index (χ3n) is 0.515. The Hall–Kier alpha value is -1.30. The second-order valence-electron chi connectivity index (χ2n) is 1.67. The summed E-state index contributed by atoms with van der Waals surface area (Å²) in [6, 6.07) is 0. The van der Waals surface area contributed by atoms with Crippen LogP contribution in [0.25, 0.3) is 0 Å².